The van der Waals surface area contributed by atoms with Gasteiger partial charge >= 0.3 is 0 Å². The van der Waals surface area contributed by atoms with Crippen molar-refractivity contribution in [2.75, 3.05) is 26.2 Å². The van der Waals surface area contributed by atoms with Crippen LogP contribution in [0.2, 0.25) is 0 Å². The van der Waals surface area contributed by atoms with Crippen molar-refractivity contribution < 1.29 is 22.0 Å². The van der Waals surface area contributed by atoms with Gasteiger partial charge < -0.3 is 4.90 Å². The van der Waals surface area contributed by atoms with Crippen LogP contribution in [0.4, 0.5) is 8.78 Å². The Morgan fingerprint density at radius 2 is 1.70 bits per heavy atom. The van der Waals surface area contributed by atoms with E-state index >= 15 is 0 Å². The fraction of sp³-hybridized carbons (Fsp3) is 0.632. The smallest absolute Gasteiger partial charge is 0.249 e. The summed E-state index contributed by atoms with van der Waals surface area (Å²) in [5.41, 5.74) is 0. The quantitative estimate of drug-likeness (QED) is 0.784. The highest BCUT2D eigenvalue weighted by molar-refractivity contribution is 7.89. The molecular weight excluding hydrogens is 374 g/mol. The largest absolute Gasteiger partial charge is 0.340 e. The maximum Gasteiger partial charge on any atom is 0.249 e. The molecule has 5 nitrogen and oxygen atoms in total. The van der Waals surface area contributed by atoms with E-state index in [0.717, 1.165) is 34.8 Å². The number of hydrogen-bond donors (Lipinski definition) is 0. The molecule has 1 aromatic rings. The second-order valence-corrected chi connectivity index (χ2v) is 9.85. The molecule has 0 radical (unpaired) electrons. The van der Waals surface area contributed by atoms with Crippen LogP contribution in [-0.4, -0.2) is 49.7 Å². The standard InChI is InChI=1S/C19H24F2N2O3S/c20-16-2-1-3-17(21)19(16)27(25,26)23-8-6-22(7-9-23)18(24)12-15-11-13-4-5-14(15)10-13/h1-3,13-15H,4-12H2/t13-,14-,15+/m1/s1. The van der Waals surface area contributed by atoms with Gasteiger partial charge in [-0.3, -0.25) is 4.79 Å². The maximum absolute atomic E-state index is 13.9. The zero-order chi connectivity index (χ0) is 19.2. The molecule has 1 aliphatic heterocycles. The maximum atomic E-state index is 13.9. The molecule has 8 heteroatoms. The van der Waals surface area contributed by atoms with Crippen molar-refractivity contribution in [3.63, 3.8) is 0 Å². The van der Waals surface area contributed by atoms with Crippen molar-refractivity contribution >= 4 is 15.9 Å². The van der Waals surface area contributed by atoms with E-state index in [9.17, 15) is 22.0 Å². The molecule has 3 aliphatic rings. The second-order valence-electron chi connectivity index (χ2n) is 7.97. The zero-order valence-corrected chi connectivity index (χ0v) is 15.9. The number of carbonyl (C=O) groups is 1. The first-order chi connectivity index (χ1) is 12.9. The predicted octanol–water partition coefficient (Wildman–Crippen LogP) is 2.62. The molecule has 0 N–H and O–H groups in total. The van der Waals surface area contributed by atoms with Gasteiger partial charge in [0.25, 0.3) is 0 Å². The summed E-state index contributed by atoms with van der Waals surface area (Å²) in [5.74, 6) is -0.197. The number of nitrogens with zero attached hydrogens (tertiary/aromatic N) is 2. The number of rotatable bonds is 4. The van der Waals surface area contributed by atoms with Gasteiger partial charge in [0, 0.05) is 32.6 Å². The summed E-state index contributed by atoms with van der Waals surface area (Å²) < 4.78 is 54.1. The molecule has 1 amide bonds. The molecule has 148 valence electrons. The van der Waals surface area contributed by atoms with E-state index in [1.54, 1.807) is 4.90 Å². The number of carbonyl (C=O) groups excluding carboxylic acids is 1. The molecule has 1 saturated heterocycles. The van der Waals surface area contributed by atoms with Gasteiger partial charge in [0.1, 0.15) is 11.6 Å². The average Bonchev–Trinajstić information content (AvgIpc) is 3.24. The van der Waals surface area contributed by atoms with Gasteiger partial charge in [-0.1, -0.05) is 12.5 Å². The van der Waals surface area contributed by atoms with Crippen LogP contribution in [0.1, 0.15) is 32.1 Å². The Labute approximate surface area is 158 Å². The van der Waals surface area contributed by atoms with Gasteiger partial charge in [0.05, 0.1) is 0 Å². The van der Waals surface area contributed by atoms with Crippen LogP contribution in [0, 0.1) is 29.4 Å². The topological polar surface area (TPSA) is 57.7 Å². The Morgan fingerprint density at radius 3 is 2.26 bits per heavy atom. The van der Waals surface area contributed by atoms with Crippen LogP contribution >= 0.6 is 0 Å². The highest BCUT2D eigenvalue weighted by Gasteiger charge is 2.41. The Hall–Kier alpha value is -1.54. The summed E-state index contributed by atoms with van der Waals surface area (Å²) in [6, 6.07) is 3.01. The third-order valence-corrected chi connectivity index (χ3v) is 8.38. The van der Waals surface area contributed by atoms with Crippen LogP contribution in [-0.2, 0) is 14.8 Å². The third-order valence-electron chi connectivity index (χ3n) is 6.43. The number of halogens is 2. The second kappa shape index (κ2) is 7.13. The Bertz CT molecular complexity index is 817. The highest BCUT2D eigenvalue weighted by atomic mass is 32.2. The van der Waals surface area contributed by atoms with E-state index in [1.165, 1.54) is 19.3 Å². The minimum Gasteiger partial charge on any atom is -0.340 e. The van der Waals surface area contributed by atoms with E-state index in [1.807, 2.05) is 0 Å². The number of sulfonamides is 1. The molecule has 3 fully saturated rings. The lowest BCUT2D eigenvalue weighted by molar-refractivity contribution is -0.133. The minimum atomic E-state index is -4.26. The van der Waals surface area contributed by atoms with Crippen LogP contribution < -0.4 is 0 Å². The fourth-order valence-corrected chi connectivity index (χ4v) is 6.55. The molecule has 27 heavy (non-hydrogen) atoms. The molecule has 2 aliphatic carbocycles. The molecule has 4 rings (SSSR count). The first kappa shape index (κ1) is 18.8. The first-order valence-electron chi connectivity index (χ1n) is 9.58. The Kier molecular flexibility index (Phi) is 4.96. The number of amides is 1. The molecular formula is C19H24F2N2O3S. The van der Waals surface area contributed by atoms with Gasteiger partial charge in [-0.05, 0) is 49.1 Å². The van der Waals surface area contributed by atoms with E-state index in [0.29, 0.717) is 18.3 Å². The predicted molar refractivity (Wildman–Crippen MR) is 95.3 cm³/mol. The zero-order valence-electron chi connectivity index (χ0n) is 15.1. The number of piperazine rings is 1. The summed E-state index contributed by atoms with van der Waals surface area (Å²) in [6.45, 7) is 0.626. The van der Waals surface area contributed by atoms with E-state index < -0.39 is 26.6 Å². The van der Waals surface area contributed by atoms with Crippen molar-refractivity contribution in [1.82, 2.24) is 9.21 Å². The van der Waals surface area contributed by atoms with Gasteiger partial charge in [-0.15, -0.1) is 0 Å². The Balaban J connectivity index is 1.38. The summed E-state index contributed by atoms with van der Waals surface area (Å²) in [4.78, 5) is 13.4. The fourth-order valence-electron chi connectivity index (χ4n) is 5.02. The lowest BCUT2D eigenvalue weighted by Crippen LogP contribution is -2.51. The lowest BCUT2D eigenvalue weighted by Gasteiger charge is -2.35. The number of fused-ring (bicyclic) bond motifs is 2. The highest BCUT2D eigenvalue weighted by Crippen LogP contribution is 2.49. The van der Waals surface area contributed by atoms with Crippen molar-refractivity contribution in [3.05, 3.63) is 29.8 Å². The number of benzene rings is 1. The van der Waals surface area contributed by atoms with Crippen molar-refractivity contribution in [1.29, 1.82) is 0 Å². The van der Waals surface area contributed by atoms with Crippen molar-refractivity contribution in [2.24, 2.45) is 17.8 Å². The van der Waals surface area contributed by atoms with Crippen LogP contribution in [0.25, 0.3) is 0 Å². The van der Waals surface area contributed by atoms with Crippen molar-refractivity contribution in [3.8, 4) is 0 Å². The summed E-state index contributed by atoms with van der Waals surface area (Å²) in [5, 5.41) is 0. The summed E-state index contributed by atoms with van der Waals surface area (Å²) in [7, 11) is -4.26. The minimum absolute atomic E-state index is 0.0541. The van der Waals surface area contributed by atoms with Gasteiger partial charge in [0.2, 0.25) is 15.9 Å². The van der Waals surface area contributed by atoms with Crippen LogP contribution in [0.3, 0.4) is 0 Å². The molecule has 2 bridgehead atoms. The SMILES string of the molecule is O=C(C[C@@H]1C[C@@H]2CC[C@@H]1C2)N1CCN(S(=O)(=O)c2c(F)cccc2F)CC1. The summed E-state index contributed by atoms with van der Waals surface area (Å²) >= 11 is 0. The molecule has 0 aromatic heterocycles. The molecule has 3 atom stereocenters. The average molecular weight is 398 g/mol. The van der Waals surface area contributed by atoms with E-state index in [2.05, 4.69) is 0 Å². The lowest BCUT2D eigenvalue weighted by atomic mass is 9.86. The third kappa shape index (κ3) is 3.49. The molecule has 1 aromatic carbocycles. The van der Waals surface area contributed by atoms with Crippen LogP contribution in [0.5, 0.6) is 0 Å². The number of hydrogen-bond acceptors (Lipinski definition) is 3. The molecule has 1 heterocycles. The Morgan fingerprint density at radius 1 is 1.04 bits per heavy atom. The molecule has 0 unspecified atom stereocenters. The molecule has 0 spiro atoms. The van der Waals surface area contributed by atoms with Gasteiger partial charge in [-0.25, -0.2) is 17.2 Å². The van der Waals surface area contributed by atoms with Crippen LogP contribution in [0.15, 0.2) is 23.1 Å². The monoisotopic (exact) mass is 398 g/mol. The normalized spacial score (nSPS) is 28.7. The van der Waals surface area contributed by atoms with Gasteiger partial charge in [0.15, 0.2) is 4.90 Å². The van der Waals surface area contributed by atoms with Gasteiger partial charge in [-0.2, -0.15) is 4.31 Å². The van der Waals surface area contributed by atoms with E-state index in [4.69, 9.17) is 0 Å². The first-order valence-corrected chi connectivity index (χ1v) is 11.0. The van der Waals surface area contributed by atoms with E-state index in [-0.39, 0.29) is 32.1 Å². The molecule has 2 saturated carbocycles. The van der Waals surface area contributed by atoms with Crippen molar-refractivity contribution in [2.45, 2.75) is 37.0 Å². The summed E-state index contributed by atoms with van der Waals surface area (Å²) in [6.07, 6.45) is 5.44.